The number of allylic oxidation sites excluding steroid dienone is 4. The van der Waals surface area contributed by atoms with E-state index in [4.69, 9.17) is 10.5 Å². The van der Waals surface area contributed by atoms with Gasteiger partial charge in [0.1, 0.15) is 11.9 Å². The maximum Gasteiger partial charge on any atom is 0.141 e. The van der Waals surface area contributed by atoms with Crippen LogP contribution in [0.25, 0.3) is 0 Å². The van der Waals surface area contributed by atoms with E-state index in [1.54, 1.807) is 12.1 Å². The Hall–Kier alpha value is -2.39. The zero-order chi connectivity index (χ0) is 16.5. The van der Waals surface area contributed by atoms with Crippen LogP contribution >= 0.6 is 0 Å². The van der Waals surface area contributed by atoms with Gasteiger partial charge < -0.3 is 0 Å². The molecule has 1 saturated carbocycles. The average molecular weight is 308 g/mol. The van der Waals surface area contributed by atoms with Crippen LogP contribution in [0, 0.1) is 34.4 Å². The van der Waals surface area contributed by atoms with Crippen molar-refractivity contribution in [2.24, 2.45) is 5.92 Å². The third-order valence-corrected chi connectivity index (χ3v) is 4.59. The van der Waals surface area contributed by atoms with Gasteiger partial charge in [0.25, 0.3) is 0 Å². The summed E-state index contributed by atoms with van der Waals surface area (Å²) in [6, 6.07) is 8.86. The van der Waals surface area contributed by atoms with Crippen LogP contribution in [0.5, 0.6) is 0 Å². The topological polar surface area (TPSA) is 47.6 Å². The molecule has 0 atom stereocenters. The van der Waals surface area contributed by atoms with Gasteiger partial charge in [-0.1, -0.05) is 24.3 Å². The number of nitriles is 2. The van der Waals surface area contributed by atoms with E-state index in [9.17, 15) is 4.39 Å². The van der Waals surface area contributed by atoms with Crippen molar-refractivity contribution in [1.29, 1.82) is 10.5 Å². The van der Waals surface area contributed by atoms with E-state index in [1.165, 1.54) is 31.4 Å². The van der Waals surface area contributed by atoms with Gasteiger partial charge in [-0.25, -0.2) is 4.39 Å². The summed E-state index contributed by atoms with van der Waals surface area (Å²) in [5.74, 6) is 0.754. The summed E-state index contributed by atoms with van der Waals surface area (Å²) in [6.45, 7) is 0. The first-order valence-corrected chi connectivity index (χ1v) is 8.15. The SMILES string of the molecule is N#CC=CC=CCCC1CCC(c2ccc(C#N)c(F)c2)CC1. The molecule has 2 nitrogen and oxygen atoms in total. The highest BCUT2D eigenvalue weighted by atomic mass is 19.1. The van der Waals surface area contributed by atoms with Crippen LogP contribution in [0.2, 0.25) is 0 Å². The zero-order valence-corrected chi connectivity index (χ0v) is 13.2. The largest absolute Gasteiger partial charge is 0.206 e. The molecule has 0 amide bonds. The van der Waals surface area contributed by atoms with E-state index >= 15 is 0 Å². The van der Waals surface area contributed by atoms with E-state index in [1.807, 2.05) is 24.3 Å². The van der Waals surface area contributed by atoms with Crippen LogP contribution in [0.4, 0.5) is 4.39 Å². The number of benzene rings is 1. The van der Waals surface area contributed by atoms with Crippen molar-refractivity contribution in [3.05, 3.63) is 59.4 Å². The lowest BCUT2D eigenvalue weighted by molar-refractivity contribution is 0.311. The summed E-state index contributed by atoms with van der Waals surface area (Å²) in [6.07, 6.45) is 14.0. The molecule has 0 aliphatic heterocycles. The first-order valence-electron chi connectivity index (χ1n) is 8.15. The van der Waals surface area contributed by atoms with E-state index in [0.29, 0.717) is 5.92 Å². The number of rotatable bonds is 5. The number of nitrogens with zero attached hydrogens (tertiary/aromatic N) is 2. The third kappa shape index (κ3) is 5.08. The Balaban J connectivity index is 1.79. The lowest BCUT2D eigenvalue weighted by Crippen LogP contribution is -2.13. The second-order valence-corrected chi connectivity index (χ2v) is 6.06. The molecule has 1 aliphatic carbocycles. The van der Waals surface area contributed by atoms with Gasteiger partial charge in [0.2, 0.25) is 0 Å². The Morgan fingerprint density at radius 3 is 2.57 bits per heavy atom. The average Bonchev–Trinajstić information content (AvgIpc) is 2.58. The second-order valence-electron chi connectivity index (χ2n) is 6.06. The van der Waals surface area contributed by atoms with Gasteiger partial charge in [0.15, 0.2) is 0 Å². The summed E-state index contributed by atoms with van der Waals surface area (Å²) < 4.78 is 13.7. The predicted octanol–water partition coefficient (Wildman–Crippen LogP) is 5.39. The number of hydrogen-bond donors (Lipinski definition) is 0. The summed E-state index contributed by atoms with van der Waals surface area (Å²) in [4.78, 5) is 0. The zero-order valence-electron chi connectivity index (χ0n) is 13.2. The van der Waals surface area contributed by atoms with E-state index in [2.05, 4.69) is 6.08 Å². The van der Waals surface area contributed by atoms with E-state index in [0.717, 1.165) is 30.7 Å². The normalized spacial score (nSPS) is 21.3. The van der Waals surface area contributed by atoms with Gasteiger partial charge >= 0.3 is 0 Å². The summed E-state index contributed by atoms with van der Waals surface area (Å²) in [5, 5.41) is 17.2. The van der Waals surface area contributed by atoms with Gasteiger partial charge in [0.05, 0.1) is 11.6 Å². The third-order valence-electron chi connectivity index (χ3n) is 4.59. The molecule has 1 fully saturated rings. The van der Waals surface area contributed by atoms with E-state index < -0.39 is 5.82 Å². The van der Waals surface area contributed by atoms with Crippen molar-refractivity contribution in [1.82, 2.24) is 0 Å². The highest BCUT2D eigenvalue weighted by Gasteiger charge is 2.22. The van der Waals surface area contributed by atoms with Crippen LogP contribution in [-0.2, 0) is 0 Å². The summed E-state index contributed by atoms with van der Waals surface area (Å²) >= 11 is 0. The van der Waals surface area contributed by atoms with Crippen LogP contribution in [0.15, 0.2) is 42.5 Å². The first-order chi connectivity index (χ1) is 11.2. The van der Waals surface area contributed by atoms with Gasteiger partial charge in [0, 0.05) is 6.08 Å². The standard InChI is InChI=1S/C20H21FN2/c21-20-14-18(11-12-19(20)15-23)17-9-7-16(8-10-17)6-4-2-1-3-5-13-22/h1-3,5,11-12,14,16-17H,4,6-10H2. The fourth-order valence-electron chi connectivity index (χ4n) is 3.27. The molecular weight excluding hydrogens is 287 g/mol. The fourth-order valence-corrected chi connectivity index (χ4v) is 3.27. The van der Waals surface area contributed by atoms with Gasteiger partial charge in [-0.15, -0.1) is 0 Å². The van der Waals surface area contributed by atoms with Crippen LogP contribution in [-0.4, -0.2) is 0 Å². The highest BCUT2D eigenvalue weighted by molar-refractivity contribution is 5.34. The molecule has 1 aromatic carbocycles. The molecule has 1 aromatic rings. The summed E-state index contributed by atoms with van der Waals surface area (Å²) in [7, 11) is 0. The predicted molar refractivity (Wildman–Crippen MR) is 88.9 cm³/mol. The van der Waals surface area contributed by atoms with Crippen molar-refractivity contribution in [3.8, 4) is 12.1 Å². The Bertz CT molecular complexity index is 653. The van der Waals surface area contributed by atoms with E-state index in [-0.39, 0.29) is 5.56 Å². The van der Waals surface area contributed by atoms with Gasteiger partial charge in [-0.05, 0) is 68.1 Å². The molecule has 3 heteroatoms. The summed E-state index contributed by atoms with van der Waals surface area (Å²) in [5.41, 5.74) is 1.15. The molecule has 0 saturated heterocycles. The molecule has 0 unspecified atom stereocenters. The number of halogens is 1. The minimum Gasteiger partial charge on any atom is -0.206 e. The molecule has 2 rings (SSSR count). The van der Waals surface area contributed by atoms with Crippen molar-refractivity contribution >= 4 is 0 Å². The smallest absolute Gasteiger partial charge is 0.141 e. The molecule has 0 spiro atoms. The highest BCUT2D eigenvalue weighted by Crippen LogP contribution is 2.37. The van der Waals surface area contributed by atoms with Crippen molar-refractivity contribution < 1.29 is 4.39 Å². The molecule has 1 aliphatic rings. The fraction of sp³-hybridized carbons (Fsp3) is 0.400. The Morgan fingerprint density at radius 2 is 1.91 bits per heavy atom. The minimum absolute atomic E-state index is 0.125. The number of hydrogen-bond acceptors (Lipinski definition) is 2. The Labute approximate surface area is 137 Å². The molecule has 118 valence electrons. The van der Waals surface area contributed by atoms with Crippen LogP contribution in [0.3, 0.4) is 0 Å². The molecule has 0 bridgehead atoms. The van der Waals surface area contributed by atoms with Crippen LogP contribution in [0.1, 0.15) is 55.6 Å². The van der Waals surface area contributed by atoms with Gasteiger partial charge in [-0.3, -0.25) is 0 Å². The monoisotopic (exact) mass is 308 g/mol. The quantitative estimate of drug-likeness (QED) is 0.541. The van der Waals surface area contributed by atoms with Crippen LogP contribution < -0.4 is 0 Å². The lowest BCUT2D eigenvalue weighted by Gasteiger charge is -2.28. The lowest BCUT2D eigenvalue weighted by atomic mass is 9.77. The Morgan fingerprint density at radius 1 is 1.13 bits per heavy atom. The second kappa shape index (κ2) is 8.91. The first kappa shape index (κ1) is 17.0. The van der Waals surface area contributed by atoms with Crippen molar-refractivity contribution in [3.63, 3.8) is 0 Å². The maximum absolute atomic E-state index is 13.7. The molecule has 0 heterocycles. The molecule has 0 radical (unpaired) electrons. The van der Waals surface area contributed by atoms with Gasteiger partial charge in [-0.2, -0.15) is 10.5 Å². The molecule has 0 aromatic heterocycles. The Kier molecular flexibility index (Phi) is 6.57. The molecule has 0 N–H and O–H groups in total. The van der Waals surface area contributed by atoms with Crippen molar-refractivity contribution in [2.75, 3.05) is 0 Å². The maximum atomic E-state index is 13.7. The molecular formula is C20H21FN2. The minimum atomic E-state index is -0.400. The van der Waals surface area contributed by atoms with Crippen molar-refractivity contribution in [2.45, 2.75) is 44.4 Å². The molecule has 23 heavy (non-hydrogen) atoms.